The smallest absolute Gasteiger partial charge is 0.196 e. The molecule has 0 atom stereocenters. The Morgan fingerprint density at radius 1 is 1.14 bits per heavy atom. The summed E-state index contributed by atoms with van der Waals surface area (Å²) in [6.45, 7) is 6.75. The third kappa shape index (κ3) is 3.22. The highest BCUT2D eigenvalue weighted by atomic mass is 32.2. The molecule has 4 aromatic heterocycles. The molecule has 0 aromatic carbocycles. The Balaban J connectivity index is 1.67. The number of rotatable bonds is 6. The van der Waals surface area contributed by atoms with Crippen LogP contribution in [0.15, 0.2) is 11.5 Å². The largest absolute Gasteiger partial charge is 0.259 e. The van der Waals surface area contributed by atoms with Crippen LogP contribution in [0.1, 0.15) is 75.6 Å². The third-order valence-corrected chi connectivity index (χ3v) is 7.96. The van der Waals surface area contributed by atoms with Gasteiger partial charge in [-0.05, 0) is 49.1 Å². The monoisotopic (exact) mass is 425 g/mol. The van der Waals surface area contributed by atoms with Gasteiger partial charge in [-0.15, -0.1) is 21.5 Å². The quantitative estimate of drug-likeness (QED) is 0.273. The summed E-state index contributed by atoms with van der Waals surface area (Å²) in [6.07, 6.45) is 10.4. The Kier molecular flexibility index (Phi) is 5.20. The molecule has 7 heteroatoms. The van der Waals surface area contributed by atoms with Crippen molar-refractivity contribution in [3.8, 4) is 0 Å². The van der Waals surface area contributed by atoms with Gasteiger partial charge in [0.05, 0.1) is 5.52 Å². The van der Waals surface area contributed by atoms with Crippen molar-refractivity contribution in [1.82, 2.24) is 24.6 Å². The van der Waals surface area contributed by atoms with Crippen molar-refractivity contribution >= 4 is 49.2 Å². The molecule has 0 unspecified atom stereocenters. The summed E-state index contributed by atoms with van der Waals surface area (Å²) in [4.78, 5) is 11.1. The Labute approximate surface area is 179 Å². The number of aryl methyl sites for hydroxylation is 1. The Morgan fingerprint density at radius 3 is 2.76 bits per heavy atom. The van der Waals surface area contributed by atoms with Gasteiger partial charge >= 0.3 is 0 Å². The van der Waals surface area contributed by atoms with Crippen LogP contribution in [0.3, 0.4) is 0 Å². The fourth-order valence-corrected chi connectivity index (χ4v) is 6.46. The predicted octanol–water partition coefficient (Wildman–Crippen LogP) is 6.17. The first kappa shape index (κ1) is 19.2. The van der Waals surface area contributed by atoms with Crippen molar-refractivity contribution < 1.29 is 0 Å². The van der Waals surface area contributed by atoms with Gasteiger partial charge in [0.25, 0.3) is 0 Å². The van der Waals surface area contributed by atoms with Gasteiger partial charge in [-0.1, -0.05) is 45.4 Å². The fourth-order valence-electron chi connectivity index (χ4n) is 4.42. The first-order chi connectivity index (χ1) is 14.2. The van der Waals surface area contributed by atoms with Crippen LogP contribution in [0.2, 0.25) is 0 Å². The van der Waals surface area contributed by atoms with Crippen molar-refractivity contribution in [2.45, 2.75) is 76.8 Å². The van der Waals surface area contributed by atoms with Crippen LogP contribution in [0.5, 0.6) is 0 Å². The molecule has 0 radical (unpaired) electrons. The summed E-state index contributed by atoms with van der Waals surface area (Å²) >= 11 is 3.51. The molecular formula is C22H27N5S2. The van der Waals surface area contributed by atoms with Crippen LogP contribution in [0, 0.1) is 0 Å². The number of hydrogen-bond donors (Lipinski definition) is 0. The lowest BCUT2D eigenvalue weighted by Gasteiger charge is -2.21. The molecule has 4 aromatic rings. The van der Waals surface area contributed by atoms with Gasteiger partial charge in [-0.2, -0.15) is 0 Å². The van der Waals surface area contributed by atoms with Crippen molar-refractivity contribution in [2.24, 2.45) is 0 Å². The first-order valence-electron chi connectivity index (χ1n) is 10.8. The zero-order valence-electron chi connectivity index (χ0n) is 17.4. The number of thiophene rings is 1. The summed E-state index contributed by atoms with van der Waals surface area (Å²) in [7, 11) is 0. The molecule has 0 saturated carbocycles. The van der Waals surface area contributed by atoms with Gasteiger partial charge < -0.3 is 0 Å². The van der Waals surface area contributed by atoms with E-state index in [9.17, 15) is 0 Å². The highest BCUT2D eigenvalue weighted by molar-refractivity contribution is 7.99. The van der Waals surface area contributed by atoms with E-state index >= 15 is 0 Å². The fraction of sp³-hybridized carbons (Fsp3) is 0.545. The number of thioether (sulfide) groups is 1. The molecule has 0 bridgehead atoms. The van der Waals surface area contributed by atoms with E-state index in [1.54, 1.807) is 23.1 Å². The number of pyridine rings is 1. The van der Waals surface area contributed by atoms with E-state index in [1.807, 2.05) is 6.33 Å². The minimum Gasteiger partial charge on any atom is -0.259 e. The SMILES string of the molecule is CCCCCSc1nnc2c3sc4nc(C(C)C)c5c(c4c3ncn12)CCCC5. The zero-order chi connectivity index (χ0) is 20.0. The molecule has 0 saturated heterocycles. The molecule has 29 heavy (non-hydrogen) atoms. The maximum Gasteiger partial charge on any atom is 0.196 e. The molecular weight excluding hydrogens is 398 g/mol. The maximum absolute atomic E-state index is 5.12. The summed E-state index contributed by atoms with van der Waals surface area (Å²) in [5, 5.41) is 11.2. The van der Waals surface area contributed by atoms with Crippen LogP contribution >= 0.6 is 23.1 Å². The van der Waals surface area contributed by atoms with E-state index in [0.717, 1.165) is 44.4 Å². The van der Waals surface area contributed by atoms with Crippen LogP contribution in [-0.2, 0) is 12.8 Å². The second-order valence-electron chi connectivity index (χ2n) is 8.25. The van der Waals surface area contributed by atoms with Crippen molar-refractivity contribution in [3.63, 3.8) is 0 Å². The standard InChI is InChI=1S/C22H27N5S2/c1-4-5-8-11-28-22-26-25-20-19-18(23-12-27(20)22)16-14-9-6-7-10-15(14)17(13(2)3)24-21(16)29-19/h12-13H,4-11H2,1-3H3. The molecule has 0 aliphatic heterocycles. The van der Waals surface area contributed by atoms with E-state index < -0.39 is 0 Å². The number of nitrogens with zero attached hydrogens (tertiary/aromatic N) is 5. The number of fused-ring (bicyclic) bond motifs is 7. The average molecular weight is 426 g/mol. The lowest BCUT2D eigenvalue weighted by atomic mass is 9.86. The van der Waals surface area contributed by atoms with Gasteiger partial charge in [-0.25, -0.2) is 9.97 Å². The summed E-state index contributed by atoms with van der Waals surface area (Å²) in [5.41, 5.74) is 6.24. The number of hydrogen-bond acceptors (Lipinski definition) is 6. The van der Waals surface area contributed by atoms with Crippen molar-refractivity contribution in [1.29, 1.82) is 0 Å². The molecule has 1 aliphatic carbocycles. The van der Waals surface area contributed by atoms with Crippen molar-refractivity contribution in [2.75, 3.05) is 5.75 Å². The number of aromatic nitrogens is 5. The molecule has 0 amide bonds. The van der Waals surface area contributed by atoms with Crippen LogP contribution in [0.25, 0.3) is 26.1 Å². The van der Waals surface area contributed by atoms with Gasteiger partial charge in [0.15, 0.2) is 10.8 Å². The Bertz CT molecular complexity index is 1190. The lowest BCUT2D eigenvalue weighted by Crippen LogP contribution is -2.10. The summed E-state index contributed by atoms with van der Waals surface area (Å²) < 4.78 is 3.18. The normalized spacial score (nSPS) is 14.5. The van der Waals surface area contributed by atoms with Crippen LogP contribution in [-0.4, -0.2) is 30.3 Å². The van der Waals surface area contributed by atoms with Crippen molar-refractivity contribution in [3.05, 3.63) is 23.1 Å². The zero-order valence-corrected chi connectivity index (χ0v) is 19.0. The predicted molar refractivity (Wildman–Crippen MR) is 122 cm³/mol. The first-order valence-corrected chi connectivity index (χ1v) is 12.6. The topological polar surface area (TPSA) is 56.0 Å². The maximum atomic E-state index is 5.12. The van der Waals surface area contributed by atoms with E-state index in [0.29, 0.717) is 5.92 Å². The molecule has 5 rings (SSSR count). The number of unbranched alkanes of at least 4 members (excludes halogenated alkanes) is 2. The highest BCUT2D eigenvalue weighted by Gasteiger charge is 2.24. The summed E-state index contributed by atoms with van der Waals surface area (Å²) in [5.74, 6) is 1.52. The van der Waals surface area contributed by atoms with Gasteiger partial charge in [0, 0.05) is 16.8 Å². The van der Waals surface area contributed by atoms with E-state index in [4.69, 9.17) is 9.97 Å². The van der Waals surface area contributed by atoms with Gasteiger partial charge in [0.1, 0.15) is 15.9 Å². The summed E-state index contributed by atoms with van der Waals surface area (Å²) in [6, 6.07) is 0. The van der Waals surface area contributed by atoms with E-state index in [2.05, 4.69) is 35.4 Å². The molecule has 152 valence electrons. The Morgan fingerprint density at radius 2 is 1.97 bits per heavy atom. The second-order valence-corrected chi connectivity index (χ2v) is 10.3. The minimum absolute atomic E-state index is 0.448. The van der Waals surface area contributed by atoms with Gasteiger partial charge in [0.2, 0.25) is 0 Å². The van der Waals surface area contributed by atoms with E-state index in [1.165, 1.54) is 54.3 Å². The van der Waals surface area contributed by atoms with Gasteiger partial charge in [-0.3, -0.25) is 4.40 Å². The van der Waals surface area contributed by atoms with E-state index in [-0.39, 0.29) is 0 Å². The third-order valence-electron chi connectivity index (χ3n) is 5.86. The molecule has 0 fully saturated rings. The minimum atomic E-state index is 0.448. The average Bonchev–Trinajstić information content (AvgIpc) is 3.31. The highest BCUT2D eigenvalue weighted by Crippen LogP contribution is 2.41. The van der Waals surface area contributed by atoms with Crippen LogP contribution in [0.4, 0.5) is 0 Å². The Hall–Kier alpha value is -1.73. The molecule has 1 aliphatic rings. The molecule has 0 spiro atoms. The second kappa shape index (κ2) is 7.84. The molecule has 0 N–H and O–H groups in total. The van der Waals surface area contributed by atoms with Crippen LogP contribution < -0.4 is 0 Å². The lowest BCUT2D eigenvalue weighted by molar-refractivity contribution is 0.667. The molecule has 5 nitrogen and oxygen atoms in total. The molecule has 4 heterocycles.